The van der Waals surface area contributed by atoms with Crippen molar-refractivity contribution in [2.75, 3.05) is 13.1 Å². The molecule has 2 atom stereocenters. The summed E-state index contributed by atoms with van der Waals surface area (Å²) in [5.41, 5.74) is 0.480. The number of carbonyl (C=O) groups excluding carboxylic acids is 1. The van der Waals surface area contributed by atoms with E-state index < -0.39 is 11.1 Å². The molecule has 4 rings (SSSR count). The van der Waals surface area contributed by atoms with Gasteiger partial charge >= 0.3 is 11.1 Å². The number of hydrogen-bond donors (Lipinski definition) is 2. The number of H-pyrrole nitrogens is 1. The first-order valence-corrected chi connectivity index (χ1v) is 8.89. The van der Waals surface area contributed by atoms with Gasteiger partial charge < -0.3 is 19.8 Å². The minimum absolute atomic E-state index is 0.0219. The van der Waals surface area contributed by atoms with E-state index in [-0.39, 0.29) is 5.91 Å². The molecule has 25 heavy (non-hydrogen) atoms. The number of fused-ring (bicyclic) bond motifs is 3. The summed E-state index contributed by atoms with van der Waals surface area (Å²) >= 11 is 0. The van der Waals surface area contributed by atoms with Crippen LogP contribution in [0.1, 0.15) is 36.5 Å². The Morgan fingerprint density at radius 2 is 2.00 bits per heavy atom. The van der Waals surface area contributed by atoms with Gasteiger partial charge in [0, 0.05) is 37.3 Å². The van der Waals surface area contributed by atoms with Gasteiger partial charge in [0.15, 0.2) is 0 Å². The Kier molecular flexibility index (Phi) is 3.95. The van der Waals surface area contributed by atoms with Crippen LogP contribution in [0.4, 0.5) is 0 Å². The van der Waals surface area contributed by atoms with Gasteiger partial charge in [0.05, 0.1) is 11.0 Å². The largest absolute Gasteiger partial charge is 0.337 e. The Hall–Kier alpha value is -2.41. The third-order valence-corrected chi connectivity index (χ3v) is 5.35. The summed E-state index contributed by atoms with van der Waals surface area (Å²) in [7, 11) is 0. The molecule has 2 aliphatic heterocycles. The molecule has 2 N–H and O–H groups in total. The fraction of sp³-hybridized carbons (Fsp3) is 0.500. The normalized spacial score (nSPS) is 23.0. The van der Waals surface area contributed by atoms with Gasteiger partial charge in [-0.2, -0.15) is 0 Å². The maximum absolute atomic E-state index is 12.9. The van der Waals surface area contributed by atoms with Gasteiger partial charge in [-0.1, -0.05) is 0 Å². The molecule has 3 heterocycles. The SMILES string of the molecule is CCn1c(=O)c(=O)[nH]c2cc(C(=O)N3CCC4CCC(C3)N4)ccc21. The van der Waals surface area contributed by atoms with E-state index in [9.17, 15) is 14.4 Å². The fourth-order valence-electron chi connectivity index (χ4n) is 4.04. The van der Waals surface area contributed by atoms with Gasteiger partial charge in [-0.3, -0.25) is 14.4 Å². The lowest BCUT2D eigenvalue weighted by Crippen LogP contribution is -2.39. The van der Waals surface area contributed by atoms with Crippen LogP contribution < -0.4 is 16.4 Å². The third kappa shape index (κ3) is 2.78. The predicted molar refractivity (Wildman–Crippen MR) is 95.0 cm³/mol. The molecule has 2 aromatic rings. The molecule has 1 aromatic heterocycles. The van der Waals surface area contributed by atoms with Crippen molar-refractivity contribution in [3.8, 4) is 0 Å². The van der Waals surface area contributed by atoms with Crippen molar-refractivity contribution in [3.63, 3.8) is 0 Å². The van der Waals surface area contributed by atoms with Crippen molar-refractivity contribution in [3.05, 3.63) is 44.5 Å². The molecule has 2 fully saturated rings. The van der Waals surface area contributed by atoms with Crippen LogP contribution in [0.2, 0.25) is 0 Å². The number of amides is 1. The third-order valence-electron chi connectivity index (χ3n) is 5.35. The summed E-state index contributed by atoms with van der Waals surface area (Å²) in [5.74, 6) is -0.0219. The van der Waals surface area contributed by atoms with Crippen molar-refractivity contribution >= 4 is 16.9 Å². The second-order valence-electron chi connectivity index (χ2n) is 6.91. The molecule has 1 amide bonds. The number of rotatable bonds is 2. The van der Waals surface area contributed by atoms with Crippen LogP contribution in [-0.2, 0) is 6.54 Å². The quantitative estimate of drug-likeness (QED) is 0.786. The fourth-order valence-corrected chi connectivity index (χ4v) is 4.04. The molecule has 2 unspecified atom stereocenters. The lowest BCUT2D eigenvalue weighted by molar-refractivity contribution is 0.0748. The molecule has 0 radical (unpaired) electrons. The predicted octanol–water partition coefficient (Wildman–Crippen LogP) is 0.676. The molecule has 7 heteroatoms. The standard InChI is InChI=1S/C18H22N4O3/c1-2-22-15-6-3-11(9-14(15)20-16(23)18(22)25)17(24)21-8-7-12-4-5-13(10-21)19-12/h3,6,9,12-13,19H,2,4-5,7-8,10H2,1H3,(H,20,23). The minimum atomic E-state index is -0.657. The Labute approximate surface area is 144 Å². The molecule has 2 bridgehead atoms. The number of aryl methyl sites for hydroxylation is 1. The summed E-state index contributed by atoms with van der Waals surface area (Å²) in [4.78, 5) is 41.2. The van der Waals surface area contributed by atoms with E-state index in [1.807, 2.05) is 11.8 Å². The van der Waals surface area contributed by atoms with Crippen LogP contribution in [0.15, 0.2) is 27.8 Å². The van der Waals surface area contributed by atoms with Crippen molar-refractivity contribution in [2.24, 2.45) is 0 Å². The molecule has 7 nitrogen and oxygen atoms in total. The smallest absolute Gasteiger partial charge is 0.316 e. The zero-order valence-corrected chi connectivity index (χ0v) is 14.2. The Morgan fingerprint density at radius 3 is 2.80 bits per heavy atom. The van der Waals surface area contributed by atoms with Gasteiger partial charge in [-0.15, -0.1) is 0 Å². The topological polar surface area (TPSA) is 87.2 Å². The van der Waals surface area contributed by atoms with Crippen LogP contribution in [-0.4, -0.2) is 45.5 Å². The number of benzene rings is 1. The van der Waals surface area contributed by atoms with Crippen LogP contribution in [0.25, 0.3) is 11.0 Å². The summed E-state index contributed by atoms with van der Waals surface area (Å²) < 4.78 is 1.43. The summed E-state index contributed by atoms with van der Waals surface area (Å²) in [5, 5.41) is 3.57. The van der Waals surface area contributed by atoms with Gasteiger partial charge in [-0.05, 0) is 44.4 Å². The lowest BCUT2D eigenvalue weighted by atomic mass is 10.1. The molecule has 0 spiro atoms. The molecule has 1 aromatic carbocycles. The maximum atomic E-state index is 12.9. The van der Waals surface area contributed by atoms with Gasteiger partial charge in [-0.25, -0.2) is 0 Å². The molecule has 0 saturated carbocycles. The molecular weight excluding hydrogens is 320 g/mol. The van der Waals surface area contributed by atoms with Crippen LogP contribution in [0.5, 0.6) is 0 Å². The van der Waals surface area contributed by atoms with Crippen molar-refractivity contribution < 1.29 is 4.79 Å². The number of nitrogens with zero attached hydrogens (tertiary/aromatic N) is 2. The number of aromatic nitrogens is 2. The van der Waals surface area contributed by atoms with E-state index >= 15 is 0 Å². The molecule has 132 valence electrons. The Morgan fingerprint density at radius 1 is 1.20 bits per heavy atom. The zero-order valence-electron chi connectivity index (χ0n) is 14.2. The van der Waals surface area contributed by atoms with Crippen molar-refractivity contribution in [2.45, 2.75) is 44.8 Å². The van der Waals surface area contributed by atoms with Crippen LogP contribution in [0.3, 0.4) is 0 Å². The van der Waals surface area contributed by atoms with Crippen LogP contribution in [0, 0.1) is 0 Å². The highest BCUT2D eigenvalue weighted by Gasteiger charge is 2.31. The average Bonchev–Trinajstić information content (AvgIpc) is 2.94. The maximum Gasteiger partial charge on any atom is 0.316 e. The molecule has 2 aliphatic rings. The van der Waals surface area contributed by atoms with Crippen molar-refractivity contribution in [1.29, 1.82) is 0 Å². The number of carbonyl (C=O) groups is 1. The number of aromatic amines is 1. The average molecular weight is 342 g/mol. The minimum Gasteiger partial charge on any atom is -0.337 e. The zero-order chi connectivity index (χ0) is 17.6. The van der Waals surface area contributed by atoms with Gasteiger partial charge in [0.1, 0.15) is 0 Å². The van der Waals surface area contributed by atoms with Crippen molar-refractivity contribution in [1.82, 2.24) is 19.8 Å². The Balaban J connectivity index is 1.69. The van der Waals surface area contributed by atoms with Gasteiger partial charge in [0.25, 0.3) is 5.91 Å². The van der Waals surface area contributed by atoms with E-state index in [4.69, 9.17) is 0 Å². The van der Waals surface area contributed by atoms with E-state index in [0.29, 0.717) is 35.2 Å². The monoisotopic (exact) mass is 342 g/mol. The van der Waals surface area contributed by atoms with Gasteiger partial charge in [0.2, 0.25) is 0 Å². The Bertz CT molecular complexity index is 945. The highest BCUT2D eigenvalue weighted by atomic mass is 16.2. The molecular formula is C18H22N4O3. The first-order chi connectivity index (χ1) is 12.1. The summed E-state index contributed by atoms with van der Waals surface area (Å²) in [6.45, 7) is 3.69. The summed E-state index contributed by atoms with van der Waals surface area (Å²) in [6, 6.07) is 6.06. The van der Waals surface area contributed by atoms with E-state index in [2.05, 4.69) is 10.3 Å². The second kappa shape index (κ2) is 6.15. The molecule has 2 saturated heterocycles. The number of hydrogen-bond acceptors (Lipinski definition) is 4. The summed E-state index contributed by atoms with van der Waals surface area (Å²) in [6.07, 6.45) is 3.28. The second-order valence-corrected chi connectivity index (χ2v) is 6.91. The highest BCUT2D eigenvalue weighted by Crippen LogP contribution is 2.22. The first kappa shape index (κ1) is 16.1. The van der Waals surface area contributed by atoms with Crippen LogP contribution >= 0.6 is 0 Å². The lowest BCUT2D eigenvalue weighted by Gasteiger charge is -2.24. The van der Waals surface area contributed by atoms with E-state index in [1.165, 1.54) is 11.0 Å². The number of nitrogens with one attached hydrogen (secondary N) is 2. The molecule has 0 aliphatic carbocycles. The first-order valence-electron chi connectivity index (χ1n) is 8.89. The highest BCUT2D eigenvalue weighted by molar-refractivity contribution is 5.97. The van der Waals surface area contributed by atoms with E-state index in [0.717, 1.165) is 25.9 Å². The van der Waals surface area contributed by atoms with E-state index in [1.54, 1.807) is 18.2 Å². The number of likely N-dealkylation sites (tertiary alicyclic amines) is 1.